The summed E-state index contributed by atoms with van der Waals surface area (Å²) in [6.07, 6.45) is 1.46. The van der Waals surface area contributed by atoms with Gasteiger partial charge in [-0.1, -0.05) is 71.2 Å². The summed E-state index contributed by atoms with van der Waals surface area (Å²) in [4.78, 5) is 28.9. The van der Waals surface area contributed by atoms with Crippen LogP contribution >= 0.6 is 23.2 Å². The number of hydrogen-bond donors (Lipinski definition) is 2. The number of ether oxygens (including phenoxy) is 2. The van der Waals surface area contributed by atoms with Gasteiger partial charge in [0.05, 0.1) is 23.9 Å². The van der Waals surface area contributed by atoms with Crippen LogP contribution in [0.15, 0.2) is 90.0 Å². The maximum Gasteiger partial charge on any atom is 0.343 e. The van der Waals surface area contributed by atoms with Gasteiger partial charge in [-0.25, -0.2) is 10.2 Å². The lowest BCUT2D eigenvalue weighted by Crippen LogP contribution is -2.18. The summed E-state index contributed by atoms with van der Waals surface area (Å²) in [5.74, 6) is -0.361. The number of fused-ring (bicyclic) bond motifs is 1. The number of rotatable bonds is 7. The Kier molecular flexibility index (Phi) is 7.86. The fourth-order valence-electron chi connectivity index (χ4n) is 4.31. The smallest absolute Gasteiger partial charge is 0.343 e. The van der Waals surface area contributed by atoms with Crippen LogP contribution in [0.3, 0.4) is 0 Å². The van der Waals surface area contributed by atoms with Crippen LogP contribution in [0.5, 0.6) is 11.5 Å². The molecule has 7 nitrogen and oxygen atoms in total. The minimum absolute atomic E-state index is 0.260. The van der Waals surface area contributed by atoms with E-state index in [0.29, 0.717) is 49.1 Å². The second-order valence-corrected chi connectivity index (χ2v) is 9.76. The summed E-state index contributed by atoms with van der Waals surface area (Å²) in [6.45, 7) is 1.90. The number of hydrogen-bond acceptors (Lipinski definition) is 5. The highest BCUT2D eigenvalue weighted by molar-refractivity contribution is 6.40. The van der Waals surface area contributed by atoms with Crippen molar-refractivity contribution in [1.82, 2.24) is 10.4 Å². The fourth-order valence-corrected chi connectivity index (χ4v) is 4.90. The molecule has 200 valence electrons. The Labute approximate surface area is 240 Å². The average molecular weight is 572 g/mol. The van der Waals surface area contributed by atoms with Crippen LogP contribution in [0.2, 0.25) is 10.0 Å². The molecule has 0 spiro atoms. The lowest BCUT2D eigenvalue weighted by molar-refractivity contribution is 0.0729. The van der Waals surface area contributed by atoms with E-state index in [-0.39, 0.29) is 5.75 Å². The lowest BCUT2D eigenvalue weighted by atomic mass is 10.0. The Hall–Kier alpha value is -4.59. The largest absolute Gasteiger partial charge is 0.493 e. The van der Waals surface area contributed by atoms with Crippen LogP contribution in [-0.2, 0) is 0 Å². The first kappa shape index (κ1) is 27.0. The second kappa shape index (κ2) is 11.7. The third-order valence-electron chi connectivity index (χ3n) is 6.13. The van der Waals surface area contributed by atoms with E-state index in [9.17, 15) is 9.59 Å². The number of hydrazone groups is 1. The quantitative estimate of drug-likeness (QED) is 0.0918. The maximum absolute atomic E-state index is 13.2. The van der Waals surface area contributed by atoms with Gasteiger partial charge in [0.2, 0.25) is 0 Å². The maximum atomic E-state index is 13.2. The molecular weight excluding hydrogens is 549 g/mol. The fraction of sp³-hybridized carbons (Fsp3) is 0.0645. The number of aromatic nitrogens is 1. The van der Waals surface area contributed by atoms with Crippen molar-refractivity contribution in [3.8, 4) is 22.6 Å². The number of amides is 1. The van der Waals surface area contributed by atoms with Crippen molar-refractivity contribution in [3.05, 3.63) is 117 Å². The highest BCUT2D eigenvalue weighted by atomic mass is 35.5. The molecule has 0 bridgehead atoms. The second-order valence-electron chi connectivity index (χ2n) is 8.92. The van der Waals surface area contributed by atoms with Crippen LogP contribution < -0.4 is 14.9 Å². The SMILES string of the molecule is COc1cc(C=NNC(=O)c2[nH]c3cc(Cl)cc(Cl)c3c2-c2ccccc2)ccc1OC(=O)c1cccc(C)c1. The lowest BCUT2D eigenvalue weighted by Gasteiger charge is -2.10. The molecule has 0 aliphatic carbocycles. The Morgan fingerprint density at radius 1 is 0.925 bits per heavy atom. The van der Waals surface area contributed by atoms with Gasteiger partial charge in [-0.15, -0.1) is 0 Å². The zero-order valence-electron chi connectivity index (χ0n) is 21.5. The average Bonchev–Trinajstić information content (AvgIpc) is 3.34. The minimum Gasteiger partial charge on any atom is -0.493 e. The molecule has 40 heavy (non-hydrogen) atoms. The number of aryl methyl sites for hydroxylation is 1. The van der Waals surface area contributed by atoms with E-state index in [2.05, 4.69) is 15.5 Å². The summed E-state index contributed by atoms with van der Waals surface area (Å²) in [7, 11) is 1.47. The van der Waals surface area contributed by atoms with Crippen LogP contribution in [0.4, 0.5) is 0 Å². The molecule has 1 amide bonds. The van der Waals surface area contributed by atoms with Crippen molar-refractivity contribution in [2.24, 2.45) is 5.10 Å². The predicted molar refractivity (Wildman–Crippen MR) is 158 cm³/mol. The number of halogens is 2. The van der Waals surface area contributed by atoms with E-state index in [1.807, 2.05) is 43.3 Å². The molecule has 5 rings (SSSR count). The van der Waals surface area contributed by atoms with E-state index in [4.69, 9.17) is 32.7 Å². The van der Waals surface area contributed by atoms with Crippen LogP contribution in [0.25, 0.3) is 22.0 Å². The van der Waals surface area contributed by atoms with Gasteiger partial charge in [0.25, 0.3) is 5.91 Å². The highest BCUT2D eigenvalue weighted by Gasteiger charge is 2.21. The molecule has 2 N–H and O–H groups in total. The number of methoxy groups -OCH3 is 1. The summed E-state index contributed by atoms with van der Waals surface area (Å²) < 4.78 is 10.9. The van der Waals surface area contributed by atoms with Gasteiger partial charge in [-0.05, 0) is 60.5 Å². The van der Waals surface area contributed by atoms with Gasteiger partial charge in [-0.2, -0.15) is 5.10 Å². The van der Waals surface area contributed by atoms with Gasteiger partial charge >= 0.3 is 5.97 Å². The number of benzene rings is 4. The Bertz CT molecular complexity index is 1760. The molecular formula is C31H23Cl2N3O4. The number of nitrogens with one attached hydrogen (secondary N) is 2. The number of H-pyrrole nitrogens is 1. The van der Waals surface area contributed by atoms with Gasteiger partial charge in [0.1, 0.15) is 5.69 Å². The molecule has 0 radical (unpaired) electrons. The minimum atomic E-state index is -0.496. The van der Waals surface area contributed by atoms with Crippen molar-refractivity contribution in [2.45, 2.75) is 6.92 Å². The third-order valence-corrected chi connectivity index (χ3v) is 6.64. The molecule has 0 saturated carbocycles. The van der Waals surface area contributed by atoms with E-state index >= 15 is 0 Å². The molecule has 4 aromatic carbocycles. The van der Waals surface area contributed by atoms with Gasteiger partial charge < -0.3 is 14.5 Å². The Morgan fingerprint density at radius 3 is 2.48 bits per heavy atom. The third kappa shape index (κ3) is 5.71. The molecule has 0 unspecified atom stereocenters. The number of esters is 1. The number of carbonyl (C=O) groups excluding carboxylic acids is 2. The first-order chi connectivity index (χ1) is 19.3. The van der Waals surface area contributed by atoms with Gasteiger partial charge in [0.15, 0.2) is 11.5 Å². The van der Waals surface area contributed by atoms with Crippen LogP contribution in [-0.4, -0.2) is 30.2 Å². The van der Waals surface area contributed by atoms with Crippen LogP contribution in [0, 0.1) is 6.92 Å². The number of carbonyl (C=O) groups is 2. The van der Waals surface area contributed by atoms with Crippen LogP contribution in [0.1, 0.15) is 32.0 Å². The first-order valence-corrected chi connectivity index (χ1v) is 13.0. The van der Waals surface area contributed by atoms with Crippen molar-refractivity contribution in [1.29, 1.82) is 0 Å². The molecule has 0 aliphatic heterocycles. The standard InChI is InChI=1S/C31H23Cl2N3O4/c1-18-7-6-10-21(13-18)31(38)40-25-12-11-19(14-26(25)39-2)17-34-36-30(37)29-27(20-8-4-3-5-9-20)28-23(33)15-22(32)16-24(28)35-29/h3-17,35H,1-2H3,(H,36,37). The molecule has 1 heterocycles. The van der Waals surface area contributed by atoms with Crippen molar-refractivity contribution in [3.63, 3.8) is 0 Å². The van der Waals surface area contributed by atoms with Crippen molar-refractivity contribution < 1.29 is 19.1 Å². The van der Waals surface area contributed by atoms with E-state index in [0.717, 1.165) is 11.1 Å². The first-order valence-electron chi connectivity index (χ1n) is 12.2. The topological polar surface area (TPSA) is 92.8 Å². The number of aromatic amines is 1. The molecule has 5 aromatic rings. The zero-order valence-corrected chi connectivity index (χ0v) is 23.0. The van der Waals surface area contributed by atoms with E-state index in [1.54, 1.807) is 48.5 Å². The van der Waals surface area contributed by atoms with Gasteiger partial charge in [0, 0.05) is 21.5 Å². The summed E-state index contributed by atoms with van der Waals surface area (Å²) in [6, 6.07) is 24.9. The van der Waals surface area contributed by atoms with Crippen molar-refractivity contribution in [2.75, 3.05) is 7.11 Å². The Balaban J connectivity index is 1.37. The molecule has 0 fully saturated rings. The normalized spacial score (nSPS) is 11.1. The molecule has 0 aliphatic rings. The Morgan fingerprint density at radius 2 is 1.73 bits per heavy atom. The highest BCUT2D eigenvalue weighted by Crippen LogP contribution is 2.38. The molecule has 0 atom stereocenters. The molecule has 9 heteroatoms. The van der Waals surface area contributed by atoms with E-state index in [1.165, 1.54) is 13.3 Å². The summed E-state index contributed by atoms with van der Waals surface area (Å²) >= 11 is 12.7. The predicted octanol–water partition coefficient (Wildman–Crippen LogP) is 7.44. The zero-order chi connectivity index (χ0) is 28.2. The summed E-state index contributed by atoms with van der Waals surface area (Å²) in [5.41, 5.74) is 6.94. The van der Waals surface area contributed by atoms with Crippen molar-refractivity contribution >= 4 is 52.2 Å². The van der Waals surface area contributed by atoms with E-state index < -0.39 is 11.9 Å². The monoisotopic (exact) mass is 571 g/mol. The number of nitrogens with zero attached hydrogens (tertiary/aromatic N) is 1. The summed E-state index contributed by atoms with van der Waals surface area (Å²) in [5, 5.41) is 5.68. The van der Waals surface area contributed by atoms with Gasteiger partial charge in [-0.3, -0.25) is 4.79 Å². The molecule has 1 aromatic heterocycles. The molecule has 0 saturated heterocycles.